The number of benzene rings is 1. The maximum absolute atomic E-state index is 4.04. The summed E-state index contributed by atoms with van der Waals surface area (Å²) in [7, 11) is 1.78. The third-order valence-electron chi connectivity index (χ3n) is 2.60. The molecule has 84 valence electrons. The molecule has 0 aliphatic carbocycles. The molecule has 0 aliphatic heterocycles. The van der Waals surface area contributed by atoms with E-state index in [2.05, 4.69) is 56.7 Å². The molecule has 0 aliphatic rings. The van der Waals surface area contributed by atoms with Crippen LogP contribution >= 0.6 is 0 Å². The summed E-state index contributed by atoms with van der Waals surface area (Å²) in [6.45, 7) is 8.83. The monoisotopic (exact) mass is 205 g/mol. The second-order valence-electron chi connectivity index (χ2n) is 4.46. The first-order valence-corrected chi connectivity index (χ1v) is 5.55. The van der Waals surface area contributed by atoms with Crippen LogP contribution in [0.4, 0.5) is 5.69 Å². The molecule has 0 spiro atoms. The topological polar surface area (TPSA) is 26.1 Å². The van der Waals surface area contributed by atoms with Crippen molar-refractivity contribution in [3.63, 3.8) is 0 Å². The van der Waals surface area contributed by atoms with E-state index in [0.717, 1.165) is 0 Å². The Bertz CT molecular complexity index is 290. The average molecular weight is 205 g/mol. The van der Waals surface area contributed by atoms with E-state index in [1.54, 1.807) is 7.05 Å². The van der Waals surface area contributed by atoms with E-state index in [1.807, 2.05) is 0 Å². The largest absolute Gasteiger partial charge is 0.574 e. The summed E-state index contributed by atoms with van der Waals surface area (Å²) in [6.07, 6.45) is 0. The lowest BCUT2D eigenvalue weighted by Crippen LogP contribution is -2.03. The van der Waals surface area contributed by atoms with Crippen LogP contribution in [-0.2, 0) is 0 Å². The first kappa shape index (κ1) is 12.1. The molecule has 0 radical (unpaired) electrons. The highest BCUT2D eigenvalue weighted by atomic mass is 15.3. The molecular weight excluding hydrogens is 184 g/mol. The third-order valence-corrected chi connectivity index (χ3v) is 2.60. The summed E-state index contributed by atoms with van der Waals surface area (Å²) >= 11 is 0. The molecule has 1 aromatic rings. The van der Waals surface area contributed by atoms with Crippen molar-refractivity contribution < 1.29 is 0 Å². The van der Waals surface area contributed by atoms with E-state index in [0.29, 0.717) is 11.8 Å². The maximum Gasteiger partial charge on any atom is 0.0240 e. The standard InChI is InChI=1S/C13H21N2/c1-9(2)11-7-6-8-12(10(3)4)13(11)15-14-5/h6-10,15H,1-5H3/q-1. The molecular formula is C13H21N2-. The van der Waals surface area contributed by atoms with Crippen LogP contribution in [0.25, 0.3) is 5.43 Å². The number of hydrogen-bond acceptors (Lipinski definition) is 1. The number of nitrogens with one attached hydrogen (secondary N) is 1. The van der Waals surface area contributed by atoms with Crippen LogP contribution in [0.15, 0.2) is 18.2 Å². The van der Waals surface area contributed by atoms with Gasteiger partial charge in [-0.25, -0.2) is 0 Å². The molecule has 1 N–H and O–H groups in total. The van der Waals surface area contributed by atoms with Gasteiger partial charge in [0.05, 0.1) is 0 Å². The highest BCUT2D eigenvalue weighted by molar-refractivity contribution is 5.61. The van der Waals surface area contributed by atoms with E-state index in [4.69, 9.17) is 0 Å². The zero-order valence-corrected chi connectivity index (χ0v) is 10.3. The van der Waals surface area contributed by atoms with Crippen molar-refractivity contribution in [1.82, 2.24) is 0 Å². The van der Waals surface area contributed by atoms with Crippen LogP contribution in [0.3, 0.4) is 0 Å². The SMILES string of the molecule is C[N-]Nc1c(C(C)C)cccc1C(C)C. The van der Waals surface area contributed by atoms with E-state index >= 15 is 0 Å². The minimum atomic E-state index is 0.521. The van der Waals surface area contributed by atoms with Gasteiger partial charge in [-0.05, 0) is 23.0 Å². The summed E-state index contributed by atoms with van der Waals surface area (Å²) in [4.78, 5) is 0. The molecule has 0 saturated heterocycles. The van der Waals surface area contributed by atoms with E-state index in [9.17, 15) is 0 Å². The molecule has 0 amide bonds. The van der Waals surface area contributed by atoms with Crippen molar-refractivity contribution in [1.29, 1.82) is 0 Å². The fraction of sp³-hybridized carbons (Fsp3) is 0.538. The van der Waals surface area contributed by atoms with E-state index in [1.165, 1.54) is 16.8 Å². The van der Waals surface area contributed by atoms with Gasteiger partial charge in [-0.15, -0.1) is 7.05 Å². The minimum absolute atomic E-state index is 0.521. The van der Waals surface area contributed by atoms with Crippen molar-refractivity contribution >= 4 is 5.69 Å². The van der Waals surface area contributed by atoms with Crippen molar-refractivity contribution in [2.24, 2.45) is 0 Å². The van der Waals surface area contributed by atoms with Crippen LogP contribution in [0.5, 0.6) is 0 Å². The molecule has 0 unspecified atom stereocenters. The van der Waals surface area contributed by atoms with E-state index in [-0.39, 0.29) is 0 Å². The first-order chi connectivity index (χ1) is 7.07. The van der Waals surface area contributed by atoms with Gasteiger partial charge in [0, 0.05) is 5.69 Å². The van der Waals surface area contributed by atoms with Crippen molar-refractivity contribution in [3.05, 3.63) is 34.8 Å². The van der Waals surface area contributed by atoms with E-state index < -0.39 is 0 Å². The molecule has 0 bridgehead atoms. The smallest absolute Gasteiger partial charge is 0.0240 e. The van der Waals surface area contributed by atoms with Gasteiger partial charge in [-0.3, -0.25) is 0 Å². The summed E-state index contributed by atoms with van der Waals surface area (Å²) < 4.78 is 0. The fourth-order valence-corrected chi connectivity index (χ4v) is 1.79. The van der Waals surface area contributed by atoms with Crippen molar-refractivity contribution in [2.75, 3.05) is 12.5 Å². The van der Waals surface area contributed by atoms with Gasteiger partial charge in [-0.2, -0.15) is 0 Å². The van der Waals surface area contributed by atoms with Gasteiger partial charge in [0.25, 0.3) is 0 Å². The van der Waals surface area contributed by atoms with Crippen LogP contribution < -0.4 is 5.43 Å². The molecule has 15 heavy (non-hydrogen) atoms. The number of rotatable bonds is 4. The molecule has 1 rings (SSSR count). The molecule has 0 atom stereocenters. The van der Waals surface area contributed by atoms with Crippen LogP contribution in [-0.4, -0.2) is 7.05 Å². The normalized spacial score (nSPS) is 11.1. The van der Waals surface area contributed by atoms with Gasteiger partial charge in [0.2, 0.25) is 0 Å². The molecule has 2 nitrogen and oxygen atoms in total. The van der Waals surface area contributed by atoms with Gasteiger partial charge in [-0.1, -0.05) is 45.9 Å². The molecule has 2 heteroatoms. The van der Waals surface area contributed by atoms with Crippen LogP contribution in [0.2, 0.25) is 0 Å². The third kappa shape index (κ3) is 2.72. The summed E-state index contributed by atoms with van der Waals surface area (Å²) in [5, 5.41) is 0. The molecule has 0 heterocycles. The first-order valence-electron chi connectivity index (χ1n) is 5.55. The average Bonchev–Trinajstić information content (AvgIpc) is 2.17. The maximum atomic E-state index is 4.04. The van der Waals surface area contributed by atoms with Crippen LogP contribution in [0, 0.1) is 0 Å². The number of anilines is 1. The number of para-hydroxylation sites is 1. The molecule has 0 saturated carbocycles. The molecule has 1 aromatic carbocycles. The van der Waals surface area contributed by atoms with Gasteiger partial charge in [0.15, 0.2) is 0 Å². The van der Waals surface area contributed by atoms with Crippen LogP contribution in [0.1, 0.15) is 50.7 Å². The Labute approximate surface area is 93.1 Å². The van der Waals surface area contributed by atoms with Gasteiger partial charge >= 0.3 is 0 Å². The Morgan fingerprint density at radius 3 is 1.80 bits per heavy atom. The summed E-state index contributed by atoms with van der Waals surface area (Å²) in [5.41, 5.74) is 11.0. The Kier molecular flexibility index (Phi) is 4.15. The van der Waals surface area contributed by atoms with Crippen molar-refractivity contribution in [3.8, 4) is 0 Å². The zero-order chi connectivity index (χ0) is 11.4. The second kappa shape index (κ2) is 5.17. The summed E-state index contributed by atoms with van der Waals surface area (Å²) in [6, 6.07) is 6.47. The Morgan fingerprint density at radius 1 is 1.00 bits per heavy atom. The summed E-state index contributed by atoms with van der Waals surface area (Å²) in [5.74, 6) is 1.04. The lowest BCUT2D eigenvalue weighted by Gasteiger charge is -2.26. The second-order valence-corrected chi connectivity index (χ2v) is 4.46. The number of hydrogen-bond donors (Lipinski definition) is 1. The predicted molar refractivity (Wildman–Crippen MR) is 67.5 cm³/mol. The fourth-order valence-electron chi connectivity index (χ4n) is 1.79. The molecule has 0 aromatic heterocycles. The number of nitrogens with zero attached hydrogens (tertiary/aromatic N) is 1. The Balaban J connectivity index is 3.21. The lowest BCUT2D eigenvalue weighted by molar-refractivity contribution is 0.837. The zero-order valence-electron chi connectivity index (χ0n) is 10.3. The molecule has 0 fully saturated rings. The minimum Gasteiger partial charge on any atom is -0.574 e. The Hall–Kier alpha value is -1.02. The lowest BCUT2D eigenvalue weighted by atomic mass is 9.93. The predicted octanol–water partition coefficient (Wildman–Crippen LogP) is 4.26. The van der Waals surface area contributed by atoms with Crippen molar-refractivity contribution in [2.45, 2.75) is 39.5 Å². The Morgan fingerprint density at radius 2 is 1.47 bits per heavy atom. The highest BCUT2D eigenvalue weighted by Gasteiger charge is 2.10. The van der Waals surface area contributed by atoms with Gasteiger partial charge < -0.3 is 10.9 Å². The van der Waals surface area contributed by atoms with Gasteiger partial charge in [0.1, 0.15) is 0 Å². The quantitative estimate of drug-likeness (QED) is 0.730. The highest BCUT2D eigenvalue weighted by Crippen LogP contribution is 2.32.